The Labute approximate surface area is 109 Å². The third-order valence-electron chi connectivity index (χ3n) is 2.61. The van der Waals surface area contributed by atoms with Gasteiger partial charge in [0, 0.05) is 18.5 Å². The van der Waals surface area contributed by atoms with Crippen molar-refractivity contribution in [1.82, 2.24) is 4.31 Å². The summed E-state index contributed by atoms with van der Waals surface area (Å²) in [6.07, 6.45) is 1.71. The second kappa shape index (κ2) is 4.82. The first-order valence-corrected chi connectivity index (χ1v) is 8.06. The molecular weight excluding hydrogens is 289 g/mol. The molecule has 0 saturated carbocycles. The van der Waals surface area contributed by atoms with Gasteiger partial charge in [0.2, 0.25) is 0 Å². The number of hydrogen-bond donors (Lipinski definition) is 0. The maximum absolute atomic E-state index is 12.2. The maximum Gasteiger partial charge on any atom is 0.252 e. The minimum Gasteiger partial charge on any atom is -0.206 e. The van der Waals surface area contributed by atoms with Gasteiger partial charge < -0.3 is 0 Å². The fourth-order valence-corrected chi connectivity index (χ4v) is 5.54. The van der Waals surface area contributed by atoms with Crippen molar-refractivity contribution in [2.45, 2.75) is 23.1 Å². The first kappa shape index (κ1) is 12.6. The molecular formula is C9H11Cl2NO2S2. The van der Waals surface area contributed by atoms with E-state index in [0.29, 0.717) is 21.0 Å². The average molecular weight is 300 g/mol. The zero-order valence-corrected chi connectivity index (χ0v) is 11.5. The van der Waals surface area contributed by atoms with E-state index in [1.807, 2.05) is 0 Å². The third kappa shape index (κ3) is 2.24. The molecule has 7 heteroatoms. The number of sulfonamides is 1. The lowest BCUT2D eigenvalue weighted by Crippen LogP contribution is -2.36. The number of thiophene rings is 1. The Morgan fingerprint density at radius 2 is 2.25 bits per heavy atom. The molecule has 2 heterocycles. The van der Waals surface area contributed by atoms with Gasteiger partial charge in [-0.3, -0.25) is 0 Å². The molecule has 3 nitrogen and oxygen atoms in total. The zero-order valence-electron chi connectivity index (χ0n) is 8.40. The van der Waals surface area contributed by atoms with E-state index >= 15 is 0 Å². The third-order valence-corrected chi connectivity index (χ3v) is 6.62. The fraction of sp³-hybridized carbons (Fsp3) is 0.556. The summed E-state index contributed by atoms with van der Waals surface area (Å²) < 4.78 is 26.7. The van der Waals surface area contributed by atoms with E-state index in [0.717, 1.165) is 24.2 Å². The summed E-state index contributed by atoms with van der Waals surface area (Å²) in [7, 11) is -3.40. The standard InChI is InChI=1S/C9H11Cl2NO2S2/c10-6-7-2-1-5-12(7)16(13,14)9-4-3-8(11)15-9/h3-4,7H,1-2,5-6H2. The van der Waals surface area contributed by atoms with Crippen LogP contribution in [0.15, 0.2) is 16.3 Å². The zero-order chi connectivity index (χ0) is 11.8. The van der Waals surface area contributed by atoms with E-state index in [1.54, 1.807) is 12.1 Å². The van der Waals surface area contributed by atoms with E-state index < -0.39 is 10.0 Å². The summed E-state index contributed by atoms with van der Waals surface area (Å²) in [6, 6.07) is 3.07. The number of nitrogens with zero attached hydrogens (tertiary/aromatic N) is 1. The molecule has 1 fully saturated rings. The van der Waals surface area contributed by atoms with E-state index in [9.17, 15) is 8.42 Å². The molecule has 16 heavy (non-hydrogen) atoms. The molecule has 1 saturated heterocycles. The quantitative estimate of drug-likeness (QED) is 0.805. The van der Waals surface area contributed by atoms with Gasteiger partial charge in [-0.15, -0.1) is 22.9 Å². The SMILES string of the molecule is O=S(=O)(c1ccc(Cl)s1)N1CCCC1CCl. The molecule has 90 valence electrons. The van der Waals surface area contributed by atoms with Crippen molar-refractivity contribution in [1.29, 1.82) is 0 Å². The van der Waals surface area contributed by atoms with Crippen molar-refractivity contribution in [3.8, 4) is 0 Å². The lowest BCUT2D eigenvalue weighted by atomic mass is 10.3. The van der Waals surface area contributed by atoms with Gasteiger partial charge in [0.1, 0.15) is 4.21 Å². The van der Waals surface area contributed by atoms with Gasteiger partial charge >= 0.3 is 0 Å². The lowest BCUT2D eigenvalue weighted by molar-refractivity contribution is 0.412. The summed E-state index contributed by atoms with van der Waals surface area (Å²) in [5.74, 6) is 0.346. The highest BCUT2D eigenvalue weighted by Gasteiger charge is 2.35. The van der Waals surface area contributed by atoms with Gasteiger partial charge in [0.15, 0.2) is 0 Å². The normalized spacial score (nSPS) is 22.8. The molecule has 1 aliphatic heterocycles. The van der Waals surface area contributed by atoms with Gasteiger partial charge in [-0.05, 0) is 25.0 Å². The molecule has 1 aromatic rings. The van der Waals surface area contributed by atoms with Crippen molar-refractivity contribution >= 4 is 44.6 Å². The van der Waals surface area contributed by atoms with Crippen LogP contribution >= 0.6 is 34.5 Å². The van der Waals surface area contributed by atoms with Gasteiger partial charge in [0.05, 0.1) is 4.34 Å². The van der Waals surface area contributed by atoms with E-state index in [2.05, 4.69) is 0 Å². The van der Waals surface area contributed by atoms with Gasteiger partial charge in [-0.25, -0.2) is 8.42 Å². The van der Waals surface area contributed by atoms with E-state index in [1.165, 1.54) is 4.31 Å². The molecule has 0 spiro atoms. The molecule has 0 aromatic carbocycles. The molecule has 1 unspecified atom stereocenters. The Hall–Kier alpha value is 0.190. The second-order valence-corrected chi connectivity index (χ2v) is 7.77. The van der Waals surface area contributed by atoms with Crippen LogP contribution in [0.1, 0.15) is 12.8 Å². The highest BCUT2D eigenvalue weighted by Crippen LogP contribution is 2.32. The summed E-state index contributed by atoms with van der Waals surface area (Å²) >= 11 is 12.6. The topological polar surface area (TPSA) is 37.4 Å². The van der Waals surface area contributed by atoms with Crippen molar-refractivity contribution in [3.05, 3.63) is 16.5 Å². The summed E-state index contributed by atoms with van der Waals surface area (Å²) in [5.41, 5.74) is 0. The minimum atomic E-state index is -3.40. The molecule has 1 aromatic heterocycles. The van der Waals surface area contributed by atoms with Crippen molar-refractivity contribution in [2.75, 3.05) is 12.4 Å². The molecule has 1 atom stereocenters. The molecule has 0 N–H and O–H groups in total. The predicted octanol–water partition coefficient (Wildman–Crippen LogP) is 2.79. The van der Waals surface area contributed by atoms with Gasteiger partial charge in [0.25, 0.3) is 10.0 Å². The van der Waals surface area contributed by atoms with Crippen LogP contribution in [0, 0.1) is 0 Å². The number of alkyl halides is 1. The Bertz CT molecular complexity index is 472. The molecule has 0 radical (unpaired) electrons. The van der Waals surface area contributed by atoms with Crippen molar-refractivity contribution in [2.24, 2.45) is 0 Å². The minimum absolute atomic E-state index is 0.0763. The average Bonchev–Trinajstić information content (AvgIpc) is 2.85. The second-order valence-electron chi connectivity index (χ2n) is 3.62. The van der Waals surface area contributed by atoms with Gasteiger partial charge in [-0.2, -0.15) is 4.31 Å². The predicted molar refractivity (Wildman–Crippen MR) is 67.0 cm³/mol. The van der Waals surface area contributed by atoms with Crippen LogP contribution < -0.4 is 0 Å². The summed E-state index contributed by atoms with van der Waals surface area (Å²) in [6.45, 7) is 0.551. The van der Waals surface area contributed by atoms with Crippen LogP contribution in [0.2, 0.25) is 4.34 Å². The molecule has 2 rings (SSSR count). The molecule has 0 amide bonds. The van der Waals surface area contributed by atoms with Crippen molar-refractivity contribution < 1.29 is 8.42 Å². The Balaban J connectivity index is 2.32. The number of halogens is 2. The first-order chi connectivity index (χ1) is 7.55. The lowest BCUT2D eigenvalue weighted by Gasteiger charge is -2.21. The largest absolute Gasteiger partial charge is 0.252 e. The summed E-state index contributed by atoms with van der Waals surface area (Å²) in [4.78, 5) is 0. The Morgan fingerprint density at radius 3 is 2.81 bits per heavy atom. The van der Waals surface area contributed by atoms with Crippen LogP contribution in [-0.2, 0) is 10.0 Å². The summed E-state index contributed by atoms with van der Waals surface area (Å²) in [5, 5.41) is 0. The van der Waals surface area contributed by atoms with Gasteiger partial charge in [-0.1, -0.05) is 11.6 Å². The molecule has 0 bridgehead atoms. The number of hydrogen-bond acceptors (Lipinski definition) is 3. The van der Waals surface area contributed by atoms with Crippen molar-refractivity contribution in [3.63, 3.8) is 0 Å². The fourth-order valence-electron chi connectivity index (χ4n) is 1.83. The number of rotatable bonds is 3. The highest BCUT2D eigenvalue weighted by molar-refractivity contribution is 7.91. The van der Waals surface area contributed by atoms with E-state index in [4.69, 9.17) is 23.2 Å². The van der Waals surface area contributed by atoms with E-state index in [-0.39, 0.29) is 6.04 Å². The first-order valence-electron chi connectivity index (χ1n) is 4.89. The van der Waals surface area contributed by atoms with Crippen LogP contribution in [-0.4, -0.2) is 31.2 Å². The molecule has 0 aliphatic carbocycles. The smallest absolute Gasteiger partial charge is 0.206 e. The van der Waals surface area contributed by atoms with Crippen LogP contribution in [0.5, 0.6) is 0 Å². The monoisotopic (exact) mass is 299 g/mol. The van der Waals surface area contributed by atoms with Crippen LogP contribution in [0.3, 0.4) is 0 Å². The Kier molecular flexibility index (Phi) is 3.81. The van der Waals surface area contributed by atoms with Crippen LogP contribution in [0.4, 0.5) is 0 Å². The van der Waals surface area contributed by atoms with Crippen LogP contribution in [0.25, 0.3) is 0 Å². The highest BCUT2D eigenvalue weighted by atomic mass is 35.5. The Morgan fingerprint density at radius 1 is 1.50 bits per heavy atom. The maximum atomic E-state index is 12.2. The molecule has 1 aliphatic rings.